The van der Waals surface area contributed by atoms with E-state index in [0.717, 1.165) is 60.0 Å². The number of fused-ring (bicyclic) bond motifs is 1. The number of amides is 2. The molecule has 1 aliphatic rings. The largest absolute Gasteiger partial charge is 0.491 e. The van der Waals surface area contributed by atoms with Crippen LogP contribution in [0.1, 0.15) is 52.9 Å². The van der Waals surface area contributed by atoms with Gasteiger partial charge in [0.2, 0.25) is 0 Å². The summed E-state index contributed by atoms with van der Waals surface area (Å²) in [7, 11) is 0. The zero-order valence-electron chi connectivity index (χ0n) is 25.0. The van der Waals surface area contributed by atoms with Crippen LogP contribution in [0.3, 0.4) is 0 Å². The first kappa shape index (κ1) is 28.4. The fraction of sp³-hybridized carbons (Fsp3) is 0.353. The number of benzene rings is 3. The second-order valence-corrected chi connectivity index (χ2v) is 11.7. The molecule has 0 aliphatic carbocycles. The van der Waals surface area contributed by atoms with E-state index in [1.165, 1.54) is 27.8 Å². The highest BCUT2D eigenvalue weighted by atomic mass is 16.5. The Bertz CT molecular complexity index is 1550. The number of carbonyl (C=O) groups is 1. The molecular weight excluding hydrogens is 510 g/mol. The summed E-state index contributed by atoms with van der Waals surface area (Å²) in [5, 5.41) is 7.89. The summed E-state index contributed by atoms with van der Waals surface area (Å²) < 4.78 is 8.40. The molecule has 3 N–H and O–H groups in total. The van der Waals surface area contributed by atoms with Crippen LogP contribution in [0.15, 0.2) is 54.6 Å². The highest BCUT2D eigenvalue weighted by molar-refractivity contribution is 5.88. The number of nitrogens with one attached hydrogen (secondary N) is 1. The first-order valence-corrected chi connectivity index (χ1v) is 14.4. The molecule has 4 aromatic rings. The van der Waals surface area contributed by atoms with Crippen molar-refractivity contribution < 1.29 is 9.53 Å². The first-order valence-electron chi connectivity index (χ1n) is 14.4. The molecule has 7 heteroatoms. The number of aromatic nitrogens is 2. The van der Waals surface area contributed by atoms with Crippen LogP contribution >= 0.6 is 0 Å². The Morgan fingerprint density at radius 3 is 2.39 bits per heavy atom. The number of hydrogen-bond donors (Lipinski definition) is 2. The number of primary amides is 1. The van der Waals surface area contributed by atoms with Crippen LogP contribution in [0, 0.1) is 33.6 Å². The Morgan fingerprint density at radius 1 is 1.02 bits per heavy atom. The van der Waals surface area contributed by atoms with E-state index < -0.39 is 6.03 Å². The van der Waals surface area contributed by atoms with Crippen molar-refractivity contribution in [1.82, 2.24) is 14.7 Å². The van der Waals surface area contributed by atoms with Crippen LogP contribution in [0.4, 0.5) is 10.5 Å². The molecule has 0 unspecified atom stereocenters. The van der Waals surface area contributed by atoms with Crippen molar-refractivity contribution in [3.63, 3.8) is 0 Å². The van der Waals surface area contributed by atoms with Crippen LogP contribution in [-0.2, 0) is 19.5 Å². The molecule has 7 nitrogen and oxygen atoms in total. The van der Waals surface area contributed by atoms with Crippen molar-refractivity contribution in [1.29, 1.82) is 0 Å². The molecule has 1 aromatic heterocycles. The molecule has 3 aromatic carbocycles. The maximum absolute atomic E-state index is 11.4. The van der Waals surface area contributed by atoms with Crippen molar-refractivity contribution in [2.24, 2.45) is 11.7 Å². The second-order valence-electron chi connectivity index (χ2n) is 11.7. The lowest BCUT2D eigenvalue weighted by atomic mass is 9.97. The minimum absolute atomic E-state index is 0.404. The van der Waals surface area contributed by atoms with Gasteiger partial charge in [0.25, 0.3) is 0 Å². The van der Waals surface area contributed by atoms with Gasteiger partial charge in [0.1, 0.15) is 11.4 Å². The van der Waals surface area contributed by atoms with Gasteiger partial charge < -0.3 is 15.8 Å². The molecular formula is C34H41N5O2. The SMILES string of the molecule is Cc1cc(C)c(CN2CCc3nn(-c4c(C)cccc4OCC(C)C)c(-c4ccc(NC(N)=O)cc4)c3C2)c(C)c1. The lowest BCUT2D eigenvalue weighted by Gasteiger charge is -2.28. The molecule has 2 amide bonds. The lowest BCUT2D eigenvalue weighted by molar-refractivity contribution is 0.244. The molecule has 0 spiro atoms. The van der Waals surface area contributed by atoms with E-state index >= 15 is 0 Å². The van der Waals surface area contributed by atoms with Crippen molar-refractivity contribution >= 4 is 11.7 Å². The topological polar surface area (TPSA) is 85.4 Å². The number of para-hydroxylation sites is 1. The fourth-order valence-corrected chi connectivity index (χ4v) is 5.84. The Morgan fingerprint density at radius 2 is 1.73 bits per heavy atom. The zero-order valence-corrected chi connectivity index (χ0v) is 25.0. The highest BCUT2D eigenvalue weighted by Crippen LogP contribution is 2.37. The van der Waals surface area contributed by atoms with Crippen LogP contribution in [0.5, 0.6) is 5.75 Å². The molecule has 0 saturated heterocycles. The Kier molecular flexibility index (Phi) is 8.18. The maximum atomic E-state index is 11.4. The van der Waals surface area contributed by atoms with Gasteiger partial charge in [-0.05, 0) is 74.1 Å². The summed E-state index contributed by atoms with van der Waals surface area (Å²) in [6.07, 6.45) is 0.870. The lowest BCUT2D eigenvalue weighted by Crippen LogP contribution is -2.30. The van der Waals surface area contributed by atoms with Gasteiger partial charge in [0, 0.05) is 42.9 Å². The molecule has 0 saturated carbocycles. The highest BCUT2D eigenvalue weighted by Gasteiger charge is 2.28. The number of ether oxygens (including phenoxy) is 1. The van der Waals surface area contributed by atoms with Crippen molar-refractivity contribution in [2.75, 3.05) is 18.5 Å². The summed E-state index contributed by atoms with van der Waals surface area (Å²) in [4.78, 5) is 14.0. The average Bonchev–Trinajstić information content (AvgIpc) is 3.27. The average molecular weight is 552 g/mol. The number of hydrogen-bond acceptors (Lipinski definition) is 4. The molecule has 41 heavy (non-hydrogen) atoms. The number of nitrogens with zero attached hydrogens (tertiary/aromatic N) is 3. The number of rotatable bonds is 8. The van der Waals surface area contributed by atoms with Gasteiger partial charge in [-0.1, -0.05) is 55.8 Å². The van der Waals surface area contributed by atoms with Crippen molar-refractivity contribution in [2.45, 2.75) is 61.1 Å². The third-order valence-corrected chi connectivity index (χ3v) is 7.75. The summed E-state index contributed by atoms with van der Waals surface area (Å²) in [6, 6.07) is 18.0. The smallest absolute Gasteiger partial charge is 0.316 e. The molecule has 0 fully saturated rings. The van der Waals surface area contributed by atoms with Gasteiger partial charge in [0.05, 0.1) is 18.0 Å². The van der Waals surface area contributed by atoms with Crippen LogP contribution < -0.4 is 15.8 Å². The minimum atomic E-state index is -0.579. The molecule has 2 heterocycles. The van der Waals surface area contributed by atoms with Gasteiger partial charge in [-0.2, -0.15) is 5.10 Å². The van der Waals surface area contributed by atoms with Gasteiger partial charge >= 0.3 is 6.03 Å². The van der Waals surface area contributed by atoms with Crippen molar-refractivity contribution in [3.8, 4) is 22.7 Å². The van der Waals surface area contributed by atoms with E-state index in [9.17, 15) is 4.79 Å². The van der Waals surface area contributed by atoms with E-state index in [-0.39, 0.29) is 0 Å². The zero-order chi connectivity index (χ0) is 29.3. The van der Waals surface area contributed by atoms with E-state index in [2.05, 4.69) is 74.6 Å². The summed E-state index contributed by atoms with van der Waals surface area (Å²) in [5.74, 6) is 1.23. The Hall–Kier alpha value is -4.10. The molecule has 0 bridgehead atoms. The fourth-order valence-electron chi connectivity index (χ4n) is 5.84. The standard InChI is InChI=1S/C34H41N5O2/c1-21(2)20-41-31-9-7-8-23(4)32(31)39-33(26-10-12-27(13-11-26)36-34(35)40)29-19-38(15-14-30(29)37-39)18-28-24(5)16-22(3)17-25(28)6/h7-13,16-17,21H,14-15,18-20H2,1-6H3,(H3,35,36,40). The molecule has 1 aliphatic heterocycles. The number of carbonyl (C=O) groups excluding carboxylic acids is 1. The molecule has 5 rings (SSSR count). The number of nitrogens with two attached hydrogens (primary N) is 1. The predicted octanol–water partition coefficient (Wildman–Crippen LogP) is 6.86. The normalized spacial score (nSPS) is 13.3. The van der Waals surface area contributed by atoms with Gasteiger partial charge in [-0.25, -0.2) is 9.48 Å². The van der Waals surface area contributed by atoms with E-state index in [4.69, 9.17) is 15.6 Å². The first-order chi connectivity index (χ1) is 19.6. The van der Waals surface area contributed by atoms with E-state index in [0.29, 0.717) is 18.2 Å². The van der Waals surface area contributed by atoms with Crippen LogP contribution in [-0.4, -0.2) is 33.9 Å². The van der Waals surface area contributed by atoms with Crippen LogP contribution in [0.25, 0.3) is 16.9 Å². The quantitative estimate of drug-likeness (QED) is 0.251. The van der Waals surface area contributed by atoms with Gasteiger partial charge in [-0.15, -0.1) is 0 Å². The van der Waals surface area contributed by atoms with Gasteiger partial charge in [0.15, 0.2) is 0 Å². The number of urea groups is 1. The van der Waals surface area contributed by atoms with E-state index in [1.54, 1.807) is 0 Å². The Labute approximate surface area is 243 Å². The van der Waals surface area contributed by atoms with Crippen molar-refractivity contribution in [3.05, 3.63) is 93.7 Å². The molecule has 214 valence electrons. The summed E-state index contributed by atoms with van der Waals surface area (Å²) >= 11 is 0. The summed E-state index contributed by atoms with van der Waals surface area (Å²) in [6.45, 7) is 16.3. The van der Waals surface area contributed by atoms with E-state index in [1.807, 2.05) is 36.4 Å². The van der Waals surface area contributed by atoms with Gasteiger partial charge in [-0.3, -0.25) is 4.90 Å². The third kappa shape index (κ3) is 6.15. The predicted molar refractivity (Wildman–Crippen MR) is 166 cm³/mol. The molecule has 0 atom stereocenters. The van der Waals surface area contributed by atoms with Crippen LogP contribution in [0.2, 0.25) is 0 Å². The third-order valence-electron chi connectivity index (χ3n) is 7.75. The maximum Gasteiger partial charge on any atom is 0.316 e. The second kappa shape index (κ2) is 11.8. The molecule has 0 radical (unpaired) electrons. The minimum Gasteiger partial charge on any atom is -0.491 e. The number of anilines is 1. The monoisotopic (exact) mass is 551 g/mol. The summed E-state index contributed by atoms with van der Waals surface area (Å²) in [5.41, 5.74) is 17.9. The number of aryl methyl sites for hydroxylation is 4. The Balaban J connectivity index is 1.60.